The Morgan fingerprint density at radius 2 is 2.04 bits per heavy atom. The first-order valence-corrected chi connectivity index (χ1v) is 10.1. The lowest BCUT2D eigenvalue weighted by atomic mass is 9.85. The first-order valence-electron chi connectivity index (χ1n) is 10.1. The summed E-state index contributed by atoms with van der Waals surface area (Å²) < 4.78 is 1.89. The van der Waals surface area contributed by atoms with Crippen LogP contribution in [0.15, 0.2) is 12.1 Å². The van der Waals surface area contributed by atoms with Gasteiger partial charge >= 0.3 is 0 Å². The summed E-state index contributed by atoms with van der Waals surface area (Å²) in [6.45, 7) is 2.89. The average Bonchev–Trinajstić information content (AvgIpc) is 3.16. The number of anilines is 1. The molecule has 3 aliphatic rings. The van der Waals surface area contributed by atoms with Gasteiger partial charge < -0.3 is 15.1 Å². The van der Waals surface area contributed by atoms with Gasteiger partial charge in [-0.15, -0.1) is 15.3 Å². The molecule has 9 nitrogen and oxygen atoms in total. The van der Waals surface area contributed by atoms with Crippen molar-refractivity contribution in [3.8, 4) is 0 Å². The molecule has 1 saturated carbocycles. The number of carbonyl (C=O) groups is 2. The van der Waals surface area contributed by atoms with Crippen molar-refractivity contribution < 1.29 is 9.59 Å². The second-order valence-corrected chi connectivity index (χ2v) is 8.34. The fraction of sp³-hybridized carbons (Fsp3) is 0.632. The molecule has 4 heterocycles. The minimum Gasteiger partial charge on any atom is -0.355 e. The third kappa shape index (κ3) is 2.98. The van der Waals surface area contributed by atoms with Crippen LogP contribution in [-0.4, -0.2) is 69.8 Å². The molecule has 9 heteroatoms. The highest BCUT2D eigenvalue weighted by atomic mass is 16.2. The van der Waals surface area contributed by atoms with Gasteiger partial charge in [0.1, 0.15) is 5.82 Å². The van der Waals surface area contributed by atoms with Crippen molar-refractivity contribution in [3.05, 3.63) is 18.0 Å². The lowest BCUT2D eigenvalue weighted by Crippen LogP contribution is -2.52. The van der Waals surface area contributed by atoms with Crippen LogP contribution in [0, 0.1) is 11.8 Å². The molecule has 0 spiro atoms. The molecule has 2 aliphatic heterocycles. The van der Waals surface area contributed by atoms with Gasteiger partial charge in [0.2, 0.25) is 11.8 Å². The summed E-state index contributed by atoms with van der Waals surface area (Å²) in [4.78, 5) is 27.7. The zero-order valence-electron chi connectivity index (χ0n) is 16.0. The van der Waals surface area contributed by atoms with Crippen LogP contribution in [0.25, 0.3) is 5.65 Å². The van der Waals surface area contributed by atoms with E-state index in [1.807, 2.05) is 16.6 Å². The van der Waals surface area contributed by atoms with E-state index in [2.05, 4.69) is 20.4 Å². The Balaban J connectivity index is 1.16. The summed E-state index contributed by atoms with van der Waals surface area (Å²) in [5.41, 5.74) is 0.797. The molecule has 0 bridgehead atoms. The maximum absolute atomic E-state index is 12.3. The SMILES string of the molecule is CN1CC(C(=O)NCC2CN(c3ccc4nnc(C5CCC5)n4n3)C2)CC1=O. The van der Waals surface area contributed by atoms with Gasteiger partial charge in [0, 0.05) is 51.5 Å². The Bertz CT molecular complexity index is 916. The highest BCUT2D eigenvalue weighted by molar-refractivity contribution is 5.89. The lowest BCUT2D eigenvalue weighted by molar-refractivity contribution is -0.128. The molecule has 2 amide bonds. The van der Waals surface area contributed by atoms with Gasteiger partial charge in [-0.25, -0.2) is 0 Å². The molecule has 3 fully saturated rings. The fourth-order valence-corrected chi connectivity index (χ4v) is 4.20. The number of likely N-dealkylation sites (tertiary alicyclic amines) is 1. The summed E-state index contributed by atoms with van der Waals surface area (Å²) >= 11 is 0. The maximum Gasteiger partial charge on any atom is 0.225 e. The summed E-state index contributed by atoms with van der Waals surface area (Å²) in [7, 11) is 1.75. The Kier molecular flexibility index (Phi) is 4.17. The second kappa shape index (κ2) is 6.72. The Hall–Kier alpha value is -2.71. The van der Waals surface area contributed by atoms with E-state index in [0.29, 0.717) is 31.3 Å². The van der Waals surface area contributed by atoms with Crippen molar-refractivity contribution in [3.63, 3.8) is 0 Å². The molecular formula is C19H25N7O2. The van der Waals surface area contributed by atoms with Crippen LogP contribution >= 0.6 is 0 Å². The smallest absolute Gasteiger partial charge is 0.225 e. The number of fused-ring (bicyclic) bond motifs is 1. The van der Waals surface area contributed by atoms with Gasteiger partial charge in [-0.1, -0.05) is 6.42 Å². The highest BCUT2D eigenvalue weighted by Crippen LogP contribution is 2.35. The third-order valence-electron chi connectivity index (χ3n) is 6.30. The van der Waals surface area contributed by atoms with E-state index in [0.717, 1.165) is 30.4 Å². The molecule has 0 radical (unpaired) electrons. The van der Waals surface area contributed by atoms with Crippen LogP contribution in [-0.2, 0) is 9.59 Å². The van der Waals surface area contributed by atoms with E-state index in [1.165, 1.54) is 19.3 Å². The van der Waals surface area contributed by atoms with Crippen LogP contribution < -0.4 is 10.2 Å². The summed E-state index contributed by atoms with van der Waals surface area (Å²) in [6.07, 6.45) is 3.91. The molecule has 1 atom stereocenters. The standard InChI is InChI=1S/C19H25N7O2/c1-24-11-14(7-17(24)27)19(28)20-8-12-9-25(10-12)16-6-5-15-21-22-18(26(15)23-16)13-3-2-4-13/h5-6,12-14H,2-4,7-11H2,1H3,(H,20,28). The van der Waals surface area contributed by atoms with Gasteiger partial charge in [0.15, 0.2) is 11.5 Å². The molecule has 1 aliphatic carbocycles. The van der Waals surface area contributed by atoms with Gasteiger partial charge in [-0.2, -0.15) is 4.52 Å². The van der Waals surface area contributed by atoms with Crippen LogP contribution in [0.1, 0.15) is 37.4 Å². The van der Waals surface area contributed by atoms with Crippen LogP contribution in [0.2, 0.25) is 0 Å². The number of nitrogens with zero attached hydrogens (tertiary/aromatic N) is 6. The molecule has 0 aromatic carbocycles. The first-order chi connectivity index (χ1) is 13.6. The molecule has 5 rings (SSSR count). The number of rotatable bonds is 5. The van der Waals surface area contributed by atoms with Crippen LogP contribution in [0.4, 0.5) is 5.82 Å². The molecule has 2 saturated heterocycles. The van der Waals surface area contributed by atoms with Crippen molar-refractivity contribution >= 4 is 23.3 Å². The maximum atomic E-state index is 12.3. The van der Waals surface area contributed by atoms with Crippen molar-refractivity contribution in [1.82, 2.24) is 30.0 Å². The minimum absolute atomic E-state index is 0.00896. The lowest BCUT2D eigenvalue weighted by Gasteiger charge is -2.40. The Morgan fingerprint density at radius 3 is 2.71 bits per heavy atom. The highest BCUT2D eigenvalue weighted by Gasteiger charge is 2.34. The van der Waals surface area contributed by atoms with Crippen molar-refractivity contribution in [1.29, 1.82) is 0 Å². The van der Waals surface area contributed by atoms with E-state index in [4.69, 9.17) is 5.10 Å². The fourth-order valence-electron chi connectivity index (χ4n) is 4.20. The summed E-state index contributed by atoms with van der Waals surface area (Å²) in [6, 6.07) is 3.96. The minimum atomic E-state index is -0.212. The van der Waals surface area contributed by atoms with Gasteiger partial charge in [-0.3, -0.25) is 9.59 Å². The number of amides is 2. The molecule has 1 unspecified atom stereocenters. The van der Waals surface area contributed by atoms with Crippen molar-refractivity contribution in [2.75, 3.05) is 38.1 Å². The molecule has 1 N–H and O–H groups in total. The van der Waals surface area contributed by atoms with Crippen LogP contribution in [0.3, 0.4) is 0 Å². The van der Waals surface area contributed by atoms with E-state index in [1.54, 1.807) is 11.9 Å². The van der Waals surface area contributed by atoms with E-state index in [9.17, 15) is 9.59 Å². The second-order valence-electron chi connectivity index (χ2n) is 8.34. The average molecular weight is 383 g/mol. The predicted octanol–water partition coefficient (Wildman–Crippen LogP) is 0.422. The van der Waals surface area contributed by atoms with Gasteiger partial charge in [-0.05, 0) is 25.0 Å². The van der Waals surface area contributed by atoms with Gasteiger partial charge in [0.25, 0.3) is 0 Å². The normalized spacial score (nSPS) is 23.2. The molecule has 148 valence electrons. The molecule has 2 aromatic heterocycles. The third-order valence-corrected chi connectivity index (χ3v) is 6.30. The zero-order chi connectivity index (χ0) is 19.3. The first kappa shape index (κ1) is 17.4. The Labute approximate surface area is 163 Å². The quantitative estimate of drug-likeness (QED) is 0.804. The monoisotopic (exact) mass is 383 g/mol. The summed E-state index contributed by atoms with van der Waals surface area (Å²) in [5, 5.41) is 16.3. The van der Waals surface area contributed by atoms with E-state index in [-0.39, 0.29) is 17.7 Å². The predicted molar refractivity (Wildman–Crippen MR) is 102 cm³/mol. The Morgan fingerprint density at radius 1 is 1.21 bits per heavy atom. The molecule has 28 heavy (non-hydrogen) atoms. The summed E-state index contributed by atoms with van der Waals surface area (Å²) in [5.74, 6) is 2.62. The van der Waals surface area contributed by atoms with Crippen LogP contribution in [0.5, 0.6) is 0 Å². The van der Waals surface area contributed by atoms with Crippen molar-refractivity contribution in [2.24, 2.45) is 11.8 Å². The van der Waals surface area contributed by atoms with Crippen molar-refractivity contribution in [2.45, 2.75) is 31.6 Å². The topological polar surface area (TPSA) is 95.7 Å². The number of aromatic nitrogens is 4. The largest absolute Gasteiger partial charge is 0.355 e. The number of hydrogen-bond acceptors (Lipinski definition) is 6. The molecule has 2 aromatic rings. The number of nitrogens with one attached hydrogen (secondary N) is 1. The van der Waals surface area contributed by atoms with Gasteiger partial charge in [0.05, 0.1) is 5.92 Å². The zero-order valence-corrected chi connectivity index (χ0v) is 16.0. The van der Waals surface area contributed by atoms with E-state index < -0.39 is 0 Å². The molecular weight excluding hydrogens is 358 g/mol. The number of carbonyl (C=O) groups excluding carboxylic acids is 2. The van der Waals surface area contributed by atoms with E-state index >= 15 is 0 Å². The number of hydrogen-bond donors (Lipinski definition) is 1.